The fourth-order valence-electron chi connectivity index (χ4n) is 2.78. The fraction of sp³-hybridized carbons (Fsp3) is 0.571. The van der Waals surface area contributed by atoms with Gasteiger partial charge in [0.2, 0.25) is 0 Å². The smallest absolute Gasteiger partial charge is 0.165 e. The number of hydrogen-bond donors (Lipinski definition) is 2. The summed E-state index contributed by atoms with van der Waals surface area (Å²) in [4.78, 5) is 0. The van der Waals surface area contributed by atoms with Gasteiger partial charge in [0.1, 0.15) is 0 Å². The number of nitrogens with two attached hydrogens (primary N) is 1. The van der Waals surface area contributed by atoms with Crippen molar-refractivity contribution in [2.75, 3.05) is 7.11 Å². The fourth-order valence-corrected chi connectivity index (χ4v) is 2.78. The molecule has 1 aliphatic carbocycles. The average Bonchev–Trinajstić information content (AvgIpc) is 2.90. The van der Waals surface area contributed by atoms with Crippen molar-refractivity contribution in [2.45, 2.75) is 37.8 Å². The molecule has 0 unspecified atom stereocenters. The molecule has 1 saturated carbocycles. The van der Waals surface area contributed by atoms with Crippen LogP contribution in [0.2, 0.25) is 0 Å². The molecule has 3 N–H and O–H groups in total. The lowest BCUT2D eigenvalue weighted by Crippen LogP contribution is -2.32. The van der Waals surface area contributed by atoms with Gasteiger partial charge in [-0.3, -0.25) is 0 Å². The molecule has 1 aromatic rings. The monoisotopic (exact) mass is 289 g/mol. The van der Waals surface area contributed by atoms with Gasteiger partial charge in [0.25, 0.3) is 0 Å². The number of hydrogen-bond acceptors (Lipinski definition) is 3. The second-order valence-electron chi connectivity index (χ2n) is 4.92. The van der Waals surface area contributed by atoms with E-state index in [2.05, 4.69) is 0 Å². The van der Waals surface area contributed by atoms with Gasteiger partial charge in [-0.1, -0.05) is 25.0 Å². The Labute approximate surface area is 119 Å². The van der Waals surface area contributed by atoms with Crippen molar-refractivity contribution < 1.29 is 14.2 Å². The van der Waals surface area contributed by atoms with Gasteiger partial charge < -0.3 is 15.6 Å². The lowest BCUT2D eigenvalue weighted by Gasteiger charge is -2.25. The third-order valence-electron chi connectivity index (χ3n) is 3.81. The first-order valence-corrected chi connectivity index (χ1v) is 6.41. The number of para-hydroxylation sites is 1. The minimum Gasteiger partial charge on any atom is -0.493 e. The first-order valence-electron chi connectivity index (χ1n) is 6.41. The molecule has 1 aromatic carbocycles. The van der Waals surface area contributed by atoms with Crippen molar-refractivity contribution in [3.05, 3.63) is 29.6 Å². The lowest BCUT2D eigenvalue weighted by molar-refractivity contribution is 0.0834. The van der Waals surface area contributed by atoms with Crippen LogP contribution in [-0.2, 0) is 0 Å². The highest BCUT2D eigenvalue weighted by Gasteiger charge is 2.30. The molecule has 0 radical (unpaired) electrons. The van der Waals surface area contributed by atoms with E-state index in [1.54, 1.807) is 12.1 Å². The molecule has 1 aliphatic rings. The lowest BCUT2D eigenvalue weighted by atomic mass is 9.90. The zero-order chi connectivity index (χ0) is 13.1. The summed E-state index contributed by atoms with van der Waals surface area (Å²) in [6, 6.07) is 4.04. The Morgan fingerprint density at radius 2 is 2.00 bits per heavy atom. The molecule has 2 atom stereocenters. The molecule has 108 valence electrons. The molecule has 0 spiro atoms. The van der Waals surface area contributed by atoms with Crippen LogP contribution in [0.5, 0.6) is 5.75 Å². The van der Waals surface area contributed by atoms with E-state index in [1.807, 2.05) is 0 Å². The van der Waals surface area contributed by atoms with Crippen molar-refractivity contribution in [1.82, 2.24) is 0 Å². The molecule has 5 heteroatoms. The van der Waals surface area contributed by atoms with Crippen LogP contribution in [0.1, 0.15) is 37.3 Å². The van der Waals surface area contributed by atoms with Crippen molar-refractivity contribution in [1.29, 1.82) is 0 Å². The summed E-state index contributed by atoms with van der Waals surface area (Å²) >= 11 is 0. The van der Waals surface area contributed by atoms with E-state index in [9.17, 15) is 9.50 Å². The molecule has 0 aliphatic heterocycles. The van der Waals surface area contributed by atoms with Gasteiger partial charge in [-0.2, -0.15) is 0 Å². The number of ether oxygens (including phenoxy) is 1. The van der Waals surface area contributed by atoms with Crippen molar-refractivity contribution in [2.24, 2.45) is 11.7 Å². The summed E-state index contributed by atoms with van der Waals surface area (Å²) in [6.45, 7) is 0. The Balaban J connectivity index is 0.00000180. The Morgan fingerprint density at radius 3 is 2.58 bits per heavy atom. The second kappa shape index (κ2) is 7.08. The molecule has 3 nitrogen and oxygen atoms in total. The van der Waals surface area contributed by atoms with E-state index >= 15 is 0 Å². The van der Waals surface area contributed by atoms with E-state index in [0.29, 0.717) is 5.56 Å². The van der Waals surface area contributed by atoms with Crippen molar-refractivity contribution in [3.63, 3.8) is 0 Å². The third kappa shape index (κ3) is 3.38. The normalized spacial score (nSPS) is 18.7. The molecular weight excluding hydrogens is 269 g/mol. The first-order chi connectivity index (χ1) is 8.65. The third-order valence-corrected chi connectivity index (χ3v) is 3.81. The molecule has 0 aromatic heterocycles. The summed E-state index contributed by atoms with van der Waals surface area (Å²) < 4.78 is 18.6. The van der Waals surface area contributed by atoms with Crippen LogP contribution in [0.3, 0.4) is 0 Å². The van der Waals surface area contributed by atoms with Crippen LogP contribution in [-0.4, -0.2) is 18.3 Å². The van der Waals surface area contributed by atoms with Gasteiger partial charge in [0.05, 0.1) is 19.3 Å². The standard InChI is InChI=1S/C14H20FNO2.ClH/c1-18-14-10(7-4-8-11(14)15)12(16)13(17)9-5-2-3-6-9;/h4,7-9,12-13,17H,2-3,5-6,16H2,1H3;1H/t12-,13+;/m0./s1. The molecule has 0 heterocycles. The number of rotatable bonds is 4. The summed E-state index contributed by atoms with van der Waals surface area (Å²) in [6.07, 6.45) is 3.62. The number of aliphatic hydroxyl groups excluding tert-OH is 1. The van der Waals surface area contributed by atoms with Crippen LogP contribution in [0.4, 0.5) is 4.39 Å². The highest BCUT2D eigenvalue weighted by molar-refractivity contribution is 5.85. The largest absolute Gasteiger partial charge is 0.493 e. The molecular formula is C14H21ClFNO2. The van der Waals surface area contributed by atoms with Crippen LogP contribution in [0, 0.1) is 11.7 Å². The maximum Gasteiger partial charge on any atom is 0.165 e. The average molecular weight is 290 g/mol. The SMILES string of the molecule is COc1c(F)cccc1[C@H](N)[C@H](O)C1CCCC1.Cl. The van der Waals surface area contributed by atoms with E-state index in [-0.39, 0.29) is 24.1 Å². The second-order valence-corrected chi connectivity index (χ2v) is 4.92. The van der Waals surface area contributed by atoms with Crippen molar-refractivity contribution in [3.8, 4) is 5.75 Å². The summed E-state index contributed by atoms with van der Waals surface area (Å²) in [5.74, 6) is -0.0842. The molecule has 19 heavy (non-hydrogen) atoms. The predicted molar refractivity (Wildman–Crippen MR) is 75.1 cm³/mol. The predicted octanol–water partition coefficient (Wildman–Crippen LogP) is 2.81. The quantitative estimate of drug-likeness (QED) is 0.896. The van der Waals surface area contributed by atoms with Crippen LogP contribution in [0.15, 0.2) is 18.2 Å². The molecule has 0 bridgehead atoms. The number of methoxy groups -OCH3 is 1. The summed E-state index contributed by atoms with van der Waals surface area (Å²) in [5.41, 5.74) is 6.61. The minimum atomic E-state index is -0.636. The van der Waals surface area contributed by atoms with Gasteiger partial charge in [-0.15, -0.1) is 12.4 Å². The Bertz CT molecular complexity index is 410. The maximum atomic E-state index is 13.6. The minimum absolute atomic E-state index is 0. The zero-order valence-corrected chi connectivity index (χ0v) is 11.8. The number of halogens is 2. The van der Waals surface area contributed by atoms with Gasteiger partial charge in [-0.25, -0.2) is 4.39 Å². The molecule has 2 rings (SSSR count). The topological polar surface area (TPSA) is 55.5 Å². The Hall–Kier alpha value is -0.840. The Morgan fingerprint density at radius 1 is 1.37 bits per heavy atom. The van der Waals surface area contributed by atoms with Gasteiger partial charge in [0.15, 0.2) is 11.6 Å². The molecule has 1 fully saturated rings. The maximum absolute atomic E-state index is 13.6. The van der Waals surface area contributed by atoms with Crippen LogP contribution < -0.4 is 10.5 Å². The molecule has 0 saturated heterocycles. The number of benzene rings is 1. The summed E-state index contributed by atoms with van der Waals surface area (Å²) in [5, 5.41) is 10.3. The van der Waals surface area contributed by atoms with Crippen molar-refractivity contribution >= 4 is 12.4 Å². The van der Waals surface area contributed by atoms with Crippen LogP contribution >= 0.6 is 12.4 Å². The van der Waals surface area contributed by atoms with E-state index < -0.39 is 18.0 Å². The highest BCUT2D eigenvalue weighted by Crippen LogP contribution is 2.35. The summed E-state index contributed by atoms with van der Waals surface area (Å²) in [7, 11) is 1.41. The van der Waals surface area contributed by atoms with E-state index in [1.165, 1.54) is 13.2 Å². The Kier molecular flexibility index (Phi) is 6.04. The highest BCUT2D eigenvalue weighted by atomic mass is 35.5. The first kappa shape index (κ1) is 16.2. The van der Waals surface area contributed by atoms with Gasteiger partial charge in [-0.05, 0) is 24.8 Å². The van der Waals surface area contributed by atoms with E-state index in [4.69, 9.17) is 10.5 Å². The van der Waals surface area contributed by atoms with Crippen LogP contribution in [0.25, 0.3) is 0 Å². The zero-order valence-electron chi connectivity index (χ0n) is 11.0. The molecule has 0 amide bonds. The van der Waals surface area contributed by atoms with E-state index in [0.717, 1.165) is 25.7 Å². The number of aliphatic hydroxyl groups is 1. The van der Waals surface area contributed by atoms with Gasteiger partial charge in [0, 0.05) is 5.56 Å². The van der Waals surface area contributed by atoms with Gasteiger partial charge >= 0.3 is 0 Å².